The molecule has 2 amide bonds. The molecule has 0 aromatic rings. The first-order valence-corrected chi connectivity index (χ1v) is 16.8. The lowest BCUT2D eigenvalue weighted by atomic mass is 10.1. The lowest BCUT2D eigenvalue weighted by Crippen LogP contribution is -2.39. The minimum atomic E-state index is -0.608. The standard InChI is InChI=1S/C33H63N3O5/c1-4-6-7-8-12-17-23-30(5-2)41-31(38)24-18-13-11-15-20-27-36(26-19-14-9-10-16-21-29-37)28-22-25-35-33(40)32(39)34-3/h29-30H,4-28H2,1-3H3,(H,34,39)(H,35,40). The molecule has 0 aliphatic heterocycles. The highest BCUT2D eigenvalue weighted by Crippen LogP contribution is 2.15. The number of ether oxygens (including phenoxy) is 1. The summed E-state index contributed by atoms with van der Waals surface area (Å²) in [4.78, 5) is 48.2. The molecule has 1 atom stereocenters. The van der Waals surface area contributed by atoms with Gasteiger partial charge in [-0.2, -0.15) is 0 Å². The molecule has 0 bridgehead atoms. The van der Waals surface area contributed by atoms with Crippen molar-refractivity contribution in [2.24, 2.45) is 0 Å². The van der Waals surface area contributed by atoms with Crippen molar-refractivity contribution in [2.45, 2.75) is 155 Å². The molecule has 2 N–H and O–H groups in total. The summed E-state index contributed by atoms with van der Waals surface area (Å²) >= 11 is 0. The van der Waals surface area contributed by atoms with E-state index < -0.39 is 11.8 Å². The maximum absolute atomic E-state index is 12.3. The van der Waals surface area contributed by atoms with Crippen LogP contribution in [0.5, 0.6) is 0 Å². The van der Waals surface area contributed by atoms with E-state index in [-0.39, 0.29) is 12.1 Å². The molecule has 8 nitrogen and oxygen atoms in total. The van der Waals surface area contributed by atoms with Crippen molar-refractivity contribution in [2.75, 3.05) is 33.2 Å². The molecule has 0 aromatic carbocycles. The molecule has 240 valence electrons. The fourth-order valence-electron chi connectivity index (χ4n) is 5.01. The number of unbranched alkanes of at least 4 members (excludes halogenated alkanes) is 14. The second-order valence-electron chi connectivity index (χ2n) is 11.3. The minimum absolute atomic E-state index is 0.0383. The predicted molar refractivity (Wildman–Crippen MR) is 168 cm³/mol. The van der Waals surface area contributed by atoms with Crippen LogP contribution in [0, 0.1) is 0 Å². The zero-order valence-corrected chi connectivity index (χ0v) is 26.8. The molecule has 0 aromatic heterocycles. The molecule has 0 saturated heterocycles. The van der Waals surface area contributed by atoms with Crippen LogP contribution in [0.1, 0.15) is 149 Å². The quantitative estimate of drug-likeness (QED) is 0.0453. The number of nitrogens with one attached hydrogen (secondary N) is 2. The molecular formula is C33H63N3O5. The topological polar surface area (TPSA) is 105 Å². The van der Waals surface area contributed by atoms with Gasteiger partial charge in [-0.3, -0.25) is 14.4 Å². The maximum Gasteiger partial charge on any atom is 0.309 e. The lowest BCUT2D eigenvalue weighted by molar-refractivity contribution is -0.149. The van der Waals surface area contributed by atoms with Crippen molar-refractivity contribution in [3.8, 4) is 0 Å². The van der Waals surface area contributed by atoms with Crippen molar-refractivity contribution in [3.05, 3.63) is 0 Å². The SMILES string of the molecule is CCCCCCCCC(CC)OC(=O)CCCCCCCN(CCCCCCCC=O)CCCNC(=O)C(=O)NC. The number of amides is 2. The van der Waals surface area contributed by atoms with E-state index in [1.807, 2.05) is 0 Å². The summed E-state index contributed by atoms with van der Waals surface area (Å²) in [6, 6.07) is 0. The molecule has 0 saturated carbocycles. The van der Waals surface area contributed by atoms with Crippen LogP contribution in [0.2, 0.25) is 0 Å². The normalized spacial score (nSPS) is 11.8. The molecule has 0 radical (unpaired) electrons. The van der Waals surface area contributed by atoms with E-state index in [1.165, 1.54) is 39.2 Å². The summed E-state index contributed by atoms with van der Waals surface area (Å²) in [5.74, 6) is -1.23. The van der Waals surface area contributed by atoms with Gasteiger partial charge in [0.1, 0.15) is 12.4 Å². The number of hydrogen-bond acceptors (Lipinski definition) is 6. The van der Waals surface area contributed by atoms with Crippen LogP contribution in [0.15, 0.2) is 0 Å². The zero-order chi connectivity index (χ0) is 30.4. The molecule has 0 fully saturated rings. The van der Waals surface area contributed by atoms with E-state index >= 15 is 0 Å². The van der Waals surface area contributed by atoms with Crippen LogP contribution < -0.4 is 10.6 Å². The van der Waals surface area contributed by atoms with Gasteiger partial charge < -0.3 is 25.1 Å². The second-order valence-corrected chi connectivity index (χ2v) is 11.3. The highest BCUT2D eigenvalue weighted by molar-refractivity contribution is 6.34. The van der Waals surface area contributed by atoms with E-state index in [0.717, 1.165) is 116 Å². The smallest absolute Gasteiger partial charge is 0.309 e. The first-order valence-electron chi connectivity index (χ1n) is 16.8. The first-order chi connectivity index (χ1) is 20.0. The first kappa shape index (κ1) is 39.0. The Balaban J connectivity index is 4.12. The molecule has 0 aliphatic carbocycles. The Bertz CT molecular complexity index is 659. The number of carbonyl (C=O) groups is 4. The van der Waals surface area contributed by atoms with Gasteiger partial charge in [-0.05, 0) is 71.0 Å². The monoisotopic (exact) mass is 581 g/mol. The predicted octanol–water partition coefficient (Wildman–Crippen LogP) is 6.49. The zero-order valence-electron chi connectivity index (χ0n) is 26.8. The number of likely N-dealkylation sites (N-methyl/N-ethyl adjacent to an activating group) is 1. The largest absolute Gasteiger partial charge is 0.462 e. The van der Waals surface area contributed by atoms with Crippen LogP contribution in [0.25, 0.3) is 0 Å². The van der Waals surface area contributed by atoms with Crippen molar-refractivity contribution in [3.63, 3.8) is 0 Å². The van der Waals surface area contributed by atoms with Crippen LogP contribution in [0.3, 0.4) is 0 Å². The number of rotatable bonds is 29. The van der Waals surface area contributed by atoms with E-state index in [1.54, 1.807) is 0 Å². The Morgan fingerprint density at radius 1 is 0.707 bits per heavy atom. The Morgan fingerprint density at radius 3 is 1.88 bits per heavy atom. The molecule has 0 aliphatic rings. The van der Waals surface area contributed by atoms with Gasteiger partial charge in [0.2, 0.25) is 0 Å². The van der Waals surface area contributed by atoms with E-state index in [2.05, 4.69) is 29.4 Å². The molecule has 41 heavy (non-hydrogen) atoms. The van der Waals surface area contributed by atoms with Crippen molar-refractivity contribution in [1.82, 2.24) is 15.5 Å². The Morgan fingerprint density at radius 2 is 1.27 bits per heavy atom. The summed E-state index contributed by atoms with van der Waals surface area (Å²) < 4.78 is 5.73. The number of hydrogen-bond donors (Lipinski definition) is 2. The van der Waals surface area contributed by atoms with Gasteiger partial charge in [0, 0.05) is 26.4 Å². The summed E-state index contributed by atoms with van der Waals surface area (Å²) in [5.41, 5.74) is 0. The fourth-order valence-corrected chi connectivity index (χ4v) is 5.01. The minimum Gasteiger partial charge on any atom is -0.462 e. The Kier molecular flexibility index (Phi) is 28.1. The van der Waals surface area contributed by atoms with Gasteiger partial charge >= 0.3 is 17.8 Å². The summed E-state index contributed by atoms with van der Waals surface area (Å²) in [6.45, 7) is 7.77. The van der Waals surface area contributed by atoms with E-state index in [9.17, 15) is 19.2 Å². The molecule has 1 unspecified atom stereocenters. The fraction of sp³-hybridized carbons (Fsp3) is 0.879. The van der Waals surface area contributed by atoms with Crippen LogP contribution in [-0.4, -0.2) is 68.3 Å². The van der Waals surface area contributed by atoms with Crippen LogP contribution in [0.4, 0.5) is 0 Å². The van der Waals surface area contributed by atoms with Gasteiger partial charge in [-0.25, -0.2) is 0 Å². The van der Waals surface area contributed by atoms with Gasteiger partial charge in [-0.15, -0.1) is 0 Å². The van der Waals surface area contributed by atoms with Gasteiger partial charge in [0.05, 0.1) is 0 Å². The second kappa shape index (κ2) is 29.5. The number of aldehydes is 1. The molecular weight excluding hydrogens is 518 g/mol. The summed E-state index contributed by atoms with van der Waals surface area (Å²) in [7, 11) is 1.45. The molecule has 0 spiro atoms. The Labute approximate surface area is 251 Å². The highest BCUT2D eigenvalue weighted by Gasteiger charge is 2.13. The van der Waals surface area contributed by atoms with Crippen molar-refractivity contribution < 1.29 is 23.9 Å². The molecule has 0 heterocycles. The molecule has 8 heteroatoms. The van der Waals surface area contributed by atoms with E-state index in [4.69, 9.17) is 4.74 Å². The van der Waals surface area contributed by atoms with Gasteiger partial charge in [0.15, 0.2) is 0 Å². The summed E-state index contributed by atoms with van der Waals surface area (Å²) in [5, 5.41) is 5.02. The van der Waals surface area contributed by atoms with E-state index in [0.29, 0.717) is 19.4 Å². The Hall–Kier alpha value is -1.96. The van der Waals surface area contributed by atoms with Gasteiger partial charge in [-0.1, -0.05) is 84.5 Å². The van der Waals surface area contributed by atoms with Crippen LogP contribution in [-0.2, 0) is 23.9 Å². The lowest BCUT2D eigenvalue weighted by Gasteiger charge is -2.22. The maximum atomic E-state index is 12.3. The van der Waals surface area contributed by atoms with Crippen molar-refractivity contribution in [1.29, 1.82) is 0 Å². The van der Waals surface area contributed by atoms with Crippen LogP contribution >= 0.6 is 0 Å². The highest BCUT2D eigenvalue weighted by atomic mass is 16.5. The number of nitrogens with zero attached hydrogens (tertiary/aromatic N) is 1. The number of carbonyl (C=O) groups excluding carboxylic acids is 4. The molecule has 0 rings (SSSR count). The average Bonchev–Trinajstić information content (AvgIpc) is 2.98. The number of esters is 1. The van der Waals surface area contributed by atoms with Gasteiger partial charge in [0.25, 0.3) is 0 Å². The summed E-state index contributed by atoms with van der Waals surface area (Å²) in [6.07, 6.45) is 23.4. The third kappa shape index (κ3) is 25.5. The van der Waals surface area contributed by atoms with Crippen molar-refractivity contribution >= 4 is 24.1 Å². The third-order valence-corrected chi connectivity index (χ3v) is 7.65. The average molecular weight is 582 g/mol. The third-order valence-electron chi connectivity index (χ3n) is 7.65.